The summed E-state index contributed by atoms with van der Waals surface area (Å²) in [5.41, 5.74) is 2.87. The molecule has 0 bridgehead atoms. The van der Waals surface area contributed by atoms with Crippen molar-refractivity contribution < 1.29 is 0 Å². The number of hydrogen-bond donors (Lipinski definition) is 0. The fourth-order valence-electron chi connectivity index (χ4n) is 2.93. The van der Waals surface area contributed by atoms with E-state index in [1.807, 2.05) is 9.24 Å². The Balaban J connectivity index is 0.000000236. The SMILES string of the molecule is CCCCC(c1ccccc1)c1ccccc1.[PH3+]C1=CCC=CC=C1. The fourth-order valence-corrected chi connectivity index (χ4v) is 3.23. The predicted octanol–water partition coefficient (Wildman–Crippen LogP) is 7.00. The van der Waals surface area contributed by atoms with E-state index in [2.05, 4.69) is 98.0 Å². The summed E-state index contributed by atoms with van der Waals surface area (Å²) in [4.78, 5) is 0. The Hall–Kier alpha value is -1.91. The smallest absolute Gasteiger partial charge is 0.0806 e. The Morgan fingerprint density at radius 2 is 1.48 bits per heavy atom. The first-order chi connectivity index (χ1) is 12.3. The zero-order chi connectivity index (χ0) is 17.7. The Bertz CT molecular complexity index is 638. The van der Waals surface area contributed by atoms with Crippen LogP contribution in [0.2, 0.25) is 0 Å². The molecule has 3 rings (SSSR count). The summed E-state index contributed by atoms with van der Waals surface area (Å²) in [6.07, 6.45) is 15.5. The topological polar surface area (TPSA) is 0 Å². The lowest BCUT2D eigenvalue weighted by Gasteiger charge is -2.17. The average Bonchev–Trinajstić information content (AvgIpc) is 2.92. The van der Waals surface area contributed by atoms with E-state index in [9.17, 15) is 0 Å². The van der Waals surface area contributed by atoms with Crippen LogP contribution < -0.4 is 0 Å². The third-order valence-electron chi connectivity index (χ3n) is 4.32. The molecule has 0 N–H and O–H groups in total. The van der Waals surface area contributed by atoms with E-state index in [0.717, 1.165) is 6.42 Å². The van der Waals surface area contributed by atoms with Crippen molar-refractivity contribution in [2.24, 2.45) is 0 Å². The zero-order valence-corrected chi connectivity index (χ0v) is 16.7. The fraction of sp³-hybridized carbons (Fsp3) is 0.250. The van der Waals surface area contributed by atoms with Gasteiger partial charge in [0.1, 0.15) is 0 Å². The van der Waals surface area contributed by atoms with Crippen LogP contribution in [-0.4, -0.2) is 0 Å². The summed E-state index contributed by atoms with van der Waals surface area (Å²) in [6.45, 7) is 2.26. The number of rotatable bonds is 5. The summed E-state index contributed by atoms with van der Waals surface area (Å²) in [6, 6.07) is 21.7. The molecule has 0 aliphatic heterocycles. The van der Waals surface area contributed by atoms with Gasteiger partial charge >= 0.3 is 0 Å². The van der Waals surface area contributed by atoms with Crippen LogP contribution in [-0.2, 0) is 0 Å². The second kappa shape index (κ2) is 11.6. The molecular formula is C24H30P+. The molecule has 1 heteroatoms. The van der Waals surface area contributed by atoms with Gasteiger partial charge in [-0.15, -0.1) is 0 Å². The van der Waals surface area contributed by atoms with E-state index in [0.29, 0.717) is 5.92 Å². The molecule has 0 fully saturated rings. The van der Waals surface area contributed by atoms with Crippen molar-refractivity contribution in [1.82, 2.24) is 0 Å². The molecule has 0 spiro atoms. The lowest BCUT2D eigenvalue weighted by Crippen LogP contribution is -2.00. The molecule has 1 unspecified atom stereocenters. The van der Waals surface area contributed by atoms with E-state index in [4.69, 9.17) is 0 Å². The van der Waals surface area contributed by atoms with Crippen molar-refractivity contribution in [3.63, 3.8) is 0 Å². The van der Waals surface area contributed by atoms with Crippen LogP contribution in [0.25, 0.3) is 0 Å². The first kappa shape index (κ1) is 19.4. The first-order valence-electron chi connectivity index (χ1n) is 9.26. The molecule has 0 nitrogen and oxygen atoms in total. The minimum Gasteiger partial charge on any atom is -0.0806 e. The number of hydrogen-bond acceptors (Lipinski definition) is 0. The summed E-state index contributed by atoms with van der Waals surface area (Å²) in [5, 5.41) is 1.38. The number of allylic oxidation sites excluding steroid dienone is 6. The maximum Gasteiger partial charge on any atom is 0.0828 e. The van der Waals surface area contributed by atoms with Gasteiger partial charge in [-0.25, -0.2) is 0 Å². The van der Waals surface area contributed by atoms with Crippen molar-refractivity contribution in [1.29, 1.82) is 0 Å². The Morgan fingerprint density at radius 1 is 0.880 bits per heavy atom. The van der Waals surface area contributed by atoms with Gasteiger partial charge in [-0.2, -0.15) is 0 Å². The zero-order valence-electron chi connectivity index (χ0n) is 15.3. The quantitative estimate of drug-likeness (QED) is 0.510. The lowest BCUT2D eigenvalue weighted by atomic mass is 9.87. The van der Waals surface area contributed by atoms with Crippen molar-refractivity contribution >= 4 is 9.24 Å². The van der Waals surface area contributed by atoms with Crippen LogP contribution in [0.4, 0.5) is 0 Å². The molecule has 1 aliphatic rings. The van der Waals surface area contributed by atoms with Crippen LogP contribution in [0.15, 0.2) is 96.4 Å². The first-order valence-corrected chi connectivity index (χ1v) is 9.97. The second-order valence-electron chi connectivity index (χ2n) is 6.32. The molecule has 0 saturated heterocycles. The van der Waals surface area contributed by atoms with Crippen molar-refractivity contribution in [2.45, 2.75) is 38.5 Å². The normalized spacial score (nSPS) is 13.1. The maximum atomic E-state index is 2.26. The molecule has 1 atom stereocenters. The van der Waals surface area contributed by atoms with Gasteiger partial charge in [-0.05, 0) is 36.1 Å². The molecule has 0 aromatic heterocycles. The number of unbranched alkanes of at least 4 members (excludes halogenated alkanes) is 1. The van der Waals surface area contributed by atoms with Gasteiger partial charge in [-0.3, -0.25) is 0 Å². The van der Waals surface area contributed by atoms with Gasteiger partial charge in [0.2, 0.25) is 0 Å². The molecule has 25 heavy (non-hydrogen) atoms. The van der Waals surface area contributed by atoms with E-state index >= 15 is 0 Å². The molecule has 130 valence electrons. The molecule has 0 heterocycles. The van der Waals surface area contributed by atoms with Crippen LogP contribution in [0, 0.1) is 0 Å². The van der Waals surface area contributed by atoms with E-state index in [1.54, 1.807) is 0 Å². The molecule has 0 amide bonds. The highest BCUT2D eigenvalue weighted by Gasteiger charge is 2.12. The van der Waals surface area contributed by atoms with Gasteiger partial charge in [0.05, 0.1) is 5.31 Å². The van der Waals surface area contributed by atoms with E-state index < -0.39 is 0 Å². The molecule has 0 saturated carbocycles. The highest BCUT2D eigenvalue weighted by Crippen LogP contribution is 2.29. The molecule has 1 aliphatic carbocycles. The third-order valence-corrected chi connectivity index (χ3v) is 4.85. The molecule has 0 radical (unpaired) electrons. The van der Waals surface area contributed by atoms with Gasteiger partial charge in [0, 0.05) is 15.2 Å². The summed E-state index contributed by atoms with van der Waals surface area (Å²) < 4.78 is 0. The van der Waals surface area contributed by atoms with Gasteiger partial charge in [-0.1, -0.05) is 98.7 Å². The van der Waals surface area contributed by atoms with Crippen molar-refractivity contribution in [2.75, 3.05) is 0 Å². The van der Waals surface area contributed by atoms with Crippen molar-refractivity contribution in [3.8, 4) is 0 Å². The average molecular weight is 349 g/mol. The van der Waals surface area contributed by atoms with Gasteiger partial charge in [0.25, 0.3) is 0 Å². The van der Waals surface area contributed by atoms with Crippen LogP contribution in [0.1, 0.15) is 49.7 Å². The number of benzene rings is 2. The van der Waals surface area contributed by atoms with Crippen LogP contribution >= 0.6 is 9.24 Å². The van der Waals surface area contributed by atoms with Gasteiger partial charge < -0.3 is 0 Å². The maximum absolute atomic E-state index is 2.26. The minimum absolute atomic E-state index is 0.553. The molecule has 2 aromatic rings. The summed E-state index contributed by atoms with van der Waals surface area (Å²) in [7, 11) is 1.93. The van der Waals surface area contributed by atoms with Crippen molar-refractivity contribution in [3.05, 3.63) is 107 Å². The largest absolute Gasteiger partial charge is 0.0828 e. The predicted molar refractivity (Wildman–Crippen MR) is 116 cm³/mol. The second-order valence-corrected chi connectivity index (χ2v) is 7.13. The standard InChI is InChI=1S/C17H20.C7H9P/c1-2-3-14-17(15-10-6-4-7-11-15)16-12-8-5-9-13-16;8-7-5-3-1-2-4-6-7/h4-13,17H,2-3,14H2,1H3;1-3,5-6H,4,8H2/p+1. The molecule has 2 aromatic carbocycles. The lowest BCUT2D eigenvalue weighted by molar-refractivity contribution is 0.650. The Morgan fingerprint density at radius 3 is 2.04 bits per heavy atom. The Kier molecular flexibility index (Phi) is 9.02. The Labute approximate surface area is 155 Å². The summed E-state index contributed by atoms with van der Waals surface area (Å²) in [5.74, 6) is 0.553. The highest BCUT2D eigenvalue weighted by molar-refractivity contribution is 7.22. The third kappa shape index (κ3) is 7.24. The van der Waals surface area contributed by atoms with Gasteiger partial charge in [0.15, 0.2) is 0 Å². The van der Waals surface area contributed by atoms with E-state index in [-0.39, 0.29) is 0 Å². The highest BCUT2D eigenvalue weighted by atomic mass is 31.0. The molecular weight excluding hydrogens is 319 g/mol. The summed E-state index contributed by atoms with van der Waals surface area (Å²) >= 11 is 0. The van der Waals surface area contributed by atoms with Crippen LogP contribution in [0.5, 0.6) is 0 Å². The minimum atomic E-state index is 0.553. The van der Waals surface area contributed by atoms with Crippen LogP contribution in [0.3, 0.4) is 0 Å². The monoisotopic (exact) mass is 349 g/mol. The van der Waals surface area contributed by atoms with E-state index in [1.165, 1.54) is 35.7 Å².